The summed E-state index contributed by atoms with van der Waals surface area (Å²) in [5.74, 6) is 1.18. The van der Waals surface area contributed by atoms with Crippen LogP contribution >= 0.6 is 11.8 Å². The van der Waals surface area contributed by atoms with Crippen molar-refractivity contribution in [2.24, 2.45) is 0 Å². The highest BCUT2D eigenvalue weighted by molar-refractivity contribution is 7.98. The number of benzene rings is 2. The van der Waals surface area contributed by atoms with Crippen LogP contribution in [0.4, 0.5) is 0 Å². The maximum atomic E-state index is 9.29. The molecular weight excluding hydrogens is 280 g/mol. The third kappa shape index (κ3) is 2.69. The van der Waals surface area contributed by atoms with Crippen molar-refractivity contribution in [1.29, 1.82) is 5.26 Å². The minimum atomic E-state index is 0.437. The van der Waals surface area contributed by atoms with E-state index in [2.05, 4.69) is 11.1 Å². The molecule has 0 saturated carbocycles. The van der Waals surface area contributed by atoms with Crippen LogP contribution in [-0.4, -0.2) is 11.2 Å². The molecule has 0 aliphatic heterocycles. The molecule has 0 radical (unpaired) electrons. The second kappa shape index (κ2) is 5.86. The largest absolute Gasteiger partial charge is 0.438 e. The topological polar surface area (TPSA) is 45.9 Å². The van der Waals surface area contributed by atoms with Crippen LogP contribution in [0.5, 0.6) is 11.6 Å². The average molecular weight is 292 g/mol. The van der Waals surface area contributed by atoms with Crippen molar-refractivity contribution in [2.75, 3.05) is 6.26 Å². The molecular formula is C17H12N2OS. The number of pyridine rings is 1. The van der Waals surface area contributed by atoms with Gasteiger partial charge in [-0.3, -0.25) is 0 Å². The maximum Gasteiger partial charge on any atom is 0.221 e. The van der Waals surface area contributed by atoms with E-state index in [1.54, 1.807) is 17.8 Å². The number of fused-ring (bicyclic) bond motifs is 1. The molecule has 1 aromatic heterocycles. The number of rotatable bonds is 3. The lowest BCUT2D eigenvalue weighted by Crippen LogP contribution is -1.92. The van der Waals surface area contributed by atoms with Crippen LogP contribution in [0.2, 0.25) is 0 Å². The van der Waals surface area contributed by atoms with E-state index >= 15 is 0 Å². The number of aromatic nitrogens is 1. The molecule has 0 fully saturated rings. The first-order chi connectivity index (χ1) is 10.3. The summed E-state index contributed by atoms with van der Waals surface area (Å²) in [5.41, 5.74) is 1.32. The lowest BCUT2D eigenvalue weighted by Gasteiger charge is -2.10. The second-order valence-corrected chi connectivity index (χ2v) is 5.24. The molecule has 0 aliphatic rings. The molecule has 21 heavy (non-hydrogen) atoms. The third-order valence-electron chi connectivity index (χ3n) is 3.10. The second-order valence-electron chi connectivity index (χ2n) is 4.39. The SMILES string of the molecule is CSc1ccccc1Oc1cc(C#N)c2ccccc2n1. The van der Waals surface area contributed by atoms with Gasteiger partial charge in [-0.2, -0.15) is 5.26 Å². The molecule has 3 nitrogen and oxygen atoms in total. The molecule has 3 aromatic rings. The summed E-state index contributed by atoms with van der Waals surface area (Å²) in [4.78, 5) is 5.51. The Bertz CT molecular complexity index is 840. The number of nitriles is 1. The summed E-state index contributed by atoms with van der Waals surface area (Å²) < 4.78 is 5.87. The van der Waals surface area contributed by atoms with Gasteiger partial charge in [0, 0.05) is 16.3 Å². The molecule has 0 atom stereocenters. The summed E-state index contributed by atoms with van der Waals surface area (Å²) in [6.45, 7) is 0. The molecule has 0 amide bonds. The van der Waals surface area contributed by atoms with Crippen molar-refractivity contribution < 1.29 is 4.74 Å². The number of thioether (sulfide) groups is 1. The van der Waals surface area contributed by atoms with E-state index in [4.69, 9.17) is 4.74 Å². The molecule has 4 heteroatoms. The van der Waals surface area contributed by atoms with Gasteiger partial charge in [-0.05, 0) is 24.5 Å². The highest BCUT2D eigenvalue weighted by Gasteiger charge is 2.08. The Balaban J connectivity index is 2.07. The van der Waals surface area contributed by atoms with E-state index in [0.717, 1.165) is 21.5 Å². The molecule has 3 rings (SSSR count). The van der Waals surface area contributed by atoms with Gasteiger partial charge in [0.1, 0.15) is 11.8 Å². The van der Waals surface area contributed by atoms with E-state index < -0.39 is 0 Å². The summed E-state index contributed by atoms with van der Waals surface area (Å²) in [7, 11) is 0. The number of hydrogen-bond acceptors (Lipinski definition) is 4. The van der Waals surface area contributed by atoms with Crippen LogP contribution in [0.3, 0.4) is 0 Å². The zero-order valence-corrected chi connectivity index (χ0v) is 12.2. The van der Waals surface area contributed by atoms with Gasteiger partial charge in [-0.25, -0.2) is 4.98 Å². The van der Waals surface area contributed by atoms with Crippen molar-refractivity contribution in [3.8, 4) is 17.7 Å². The number of para-hydroxylation sites is 2. The van der Waals surface area contributed by atoms with Gasteiger partial charge in [-0.1, -0.05) is 30.3 Å². The summed E-state index contributed by atoms with van der Waals surface area (Å²) in [5, 5.41) is 10.1. The molecule has 1 heterocycles. The highest BCUT2D eigenvalue weighted by atomic mass is 32.2. The normalized spacial score (nSPS) is 10.3. The Morgan fingerprint density at radius 2 is 1.86 bits per heavy atom. The monoisotopic (exact) mass is 292 g/mol. The van der Waals surface area contributed by atoms with E-state index in [-0.39, 0.29) is 0 Å². The van der Waals surface area contributed by atoms with Crippen LogP contribution in [-0.2, 0) is 0 Å². The van der Waals surface area contributed by atoms with Gasteiger partial charge in [0.15, 0.2) is 0 Å². The molecule has 102 valence electrons. The number of ether oxygens (including phenoxy) is 1. The van der Waals surface area contributed by atoms with Gasteiger partial charge < -0.3 is 4.74 Å². The Morgan fingerprint density at radius 3 is 2.67 bits per heavy atom. The minimum absolute atomic E-state index is 0.437. The van der Waals surface area contributed by atoms with Gasteiger partial charge in [0.25, 0.3) is 0 Å². The first-order valence-electron chi connectivity index (χ1n) is 6.42. The lowest BCUT2D eigenvalue weighted by molar-refractivity contribution is 0.454. The number of hydrogen-bond donors (Lipinski definition) is 0. The standard InChI is InChI=1S/C17H12N2OS/c1-21-16-9-5-4-8-15(16)20-17-10-12(11-18)13-6-2-3-7-14(13)19-17/h2-10H,1H3. The third-order valence-corrected chi connectivity index (χ3v) is 3.87. The van der Waals surface area contributed by atoms with Crippen LogP contribution in [0.15, 0.2) is 59.5 Å². The lowest BCUT2D eigenvalue weighted by atomic mass is 10.1. The summed E-state index contributed by atoms with van der Waals surface area (Å²) in [6.07, 6.45) is 2.00. The van der Waals surface area contributed by atoms with Crippen LogP contribution in [0.1, 0.15) is 5.56 Å². The molecule has 0 spiro atoms. The molecule has 0 bridgehead atoms. The van der Waals surface area contributed by atoms with E-state index in [1.165, 1.54) is 0 Å². The molecule has 0 N–H and O–H groups in total. The predicted octanol–water partition coefficient (Wildman–Crippen LogP) is 4.62. The molecule has 0 unspecified atom stereocenters. The zero-order valence-electron chi connectivity index (χ0n) is 11.4. The fourth-order valence-corrected chi connectivity index (χ4v) is 2.64. The van der Waals surface area contributed by atoms with Gasteiger partial charge in [0.2, 0.25) is 5.88 Å². The van der Waals surface area contributed by atoms with Crippen LogP contribution < -0.4 is 4.74 Å². The van der Waals surface area contributed by atoms with Crippen LogP contribution in [0, 0.1) is 11.3 Å². The molecule has 0 aliphatic carbocycles. The fraction of sp³-hybridized carbons (Fsp3) is 0.0588. The van der Waals surface area contributed by atoms with E-state index in [1.807, 2.05) is 54.8 Å². The quantitative estimate of drug-likeness (QED) is 0.661. The predicted molar refractivity (Wildman–Crippen MR) is 84.8 cm³/mol. The Morgan fingerprint density at radius 1 is 1.10 bits per heavy atom. The van der Waals surface area contributed by atoms with Crippen molar-refractivity contribution in [3.05, 3.63) is 60.2 Å². The van der Waals surface area contributed by atoms with Gasteiger partial charge in [-0.15, -0.1) is 11.8 Å². The van der Waals surface area contributed by atoms with Gasteiger partial charge >= 0.3 is 0 Å². The maximum absolute atomic E-state index is 9.29. The van der Waals surface area contributed by atoms with Crippen molar-refractivity contribution in [2.45, 2.75) is 4.90 Å². The highest BCUT2D eigenvalue weighted by Crippen LogP contribution is 2.31. The van der Waals surface area contributed by atoms with Crippen molar-refractivity contribution >= 4 is 22.7 Å². The summed E-state index contributed by atoms with van der Waals surface area (Å²) >= 11 is 1.61. The smallest absolute Gasteiger partial charge is 0.221 e. The Hall–Kier alpha value is -2.51. The fourth-order valence-electron chi connectivity index (χ4n) is 2.11. The summed E-state index contributed by atoms with van der Waals surface area (Å²) in [6, 6.07) is 19.2. The first kappa shape index (κ1) is 13.5. The van der Waals surface area contributed by atoms with Gasteiger partial charge in [0.05, 0.1) is 11.1 Å². The van der Waals surface area contributed by atoms with E-state index in [9.17, 15) is 5.26 Å². The minimum Gasteiger partial charge on any atom is -0.438 e. The first-order valence-corrected chi connectivity index (χ1v) is 7.65. The Labute approximate surface area is 127 Å². The van der Waals surface area contributed by atoms with E-state index in [0.29, 0.717) is 11.4 Å². The van der Waals surface area contributed by atoms with Crippen LogP contribution in [0.25, 0.3) is 10.9 Å². The zero-order chi connectivity index (χ0) is 14.7. The molecule has 2 aromatic carbocycles. The van der Waals surface area contributed by atoms with Crippen molar-refractivity contribution in [3.63, 3.8) is 0 Å². The number of nitrogens with zero attached hydrogens (tertiary/aromatic N) is 2. The Kier molecular flexibility index (Phi) is 3.76. The van der Waals surface area contributed by atoms with Crippen molar-refractivity contribution in [1.82, 2.24) is 4.98 Å². The average Bonchev–Trinajstić information content (AvgIpc) is 2.54. The molecule has 0 saturated heterocycles.